The Morgan fingerprint density at radius 1 is 1.06 bits per heavy atom. The van der Waals surface area contributed by atoms with Gasteiger partial charge in [-0.2, -0.15) is 13.2 Å². The molecule has 10 heteroatoms. The number of nitrogens with one attached hydrogen (secondary N) is 1. The first kappa shape index (κ1) is 27.9. The highest BCUT2D eigenvalue weighted by atomic mass is 127. The van der Waals surface area contributed by atoms with Crippen LogP contribution in [0.3, 0.4) is 0 Å². The summed E-state index contributed by atoms with van der Waals surface area (Å²) < 4.78 is 49.4. The molecule has 3 aliphatic heterocycles. The van der Waals surface area contributed by atoms with Gasteiger partial charge in [0.2, 0.25) is 0 Å². The van der Waals surface area contributed by atoms with E-state index in [1.807, 2.05) is 0 Å². The number of halogens is 4. The molecule has 0 spiro atoms. The van der Waals surface area contributed by atoms with Gasteiger partial charge in [0.15, 0.2) is 5.96 Å². The Hall–Kier alpha value is -0.330. The molecule has 0 radical (unpaired) electrons. The molecule has 0 aromatic rings. The van der Waals surface area contributed by atoms with Crippen LogP contribution < -0.4 is 5.32 Å². The van der Waals surface area contributed by atoms with Crippen LogP contribution in [0.5, 0.6) is 0 Å². The van der Waals surface area contributed by atoms with Crippen LogP contribution in [0.4, 0.5) is 13.2 Å². The van der Waals surface area contributed by atoms with Gasteiger partial charge in [0.25, 0.3) is 0 Å². The lowest BCUT2D eigenvalue weighted by atomic mass is 9.93. The SMILES string of the molecule is CN=C(NCCC1CCN(CC(F)(F)F)CC1)N1CCC(OCC2CCCCO2)CC1.I. The lowest BCUT2D eigenvalue weighted by Crippen LogP contribution is -2.47. The molecule has 1 atom stereocenters. The molecule has 3 heterocycles. The van der Waals surface area contributed by atoms with Crippen molar-refractivity contribution in [2.24, 2.45) is 10.9 Å². The molecule has 3 rings (SSSR count). The lowest BCUT2D eigenvalue weighted by Gasteiger charge is -2.35. The fraction of sp³-hybridized carbons (Fsp3) is 0.955. The predicted octanol–water partition coefficient (Wildman–Crippen LogP) is 3.89. The molecule has 0 bridgehead atoms. The Labute approximate surface area is 207 Å². The van der Waals surface area contributed by atoms with Crippen molar-refractivity contribution in [3.8, 4) is 0 Å². The van der Waals surface area contributed by atoms with Gasteiger partial charge in [-0.3, -0.25) is 9.89 Å². The highest BCUT2D eigenvalue weighted by Crippen LogP contribution is 2.24. The number of piperidine rings is 2. The molecule has 188 valence electrons. The van der Waals surface area contributed by atoms with Gasteiger partial charge in [-0.1, -0.05) is 0 Å². The van der Waals surface area contributed by atoms with E-state index in [-0.39, 0.29) is 30.1 Å². The van der Waals surface area contributed by atoms with E-state index in [9.17, 15) is 13.2 Å². The zero-order valence-corrected chi connectivity index (χ0v) is 21.6. The normalized spacial score (nSPS) is 24.9. The fourth-order valence-electron chi connectivity index (χ4n) is 4.82. The van der Waals surface area contributed by atoms with E-state index in [0.29, 0.717) is 31.7 Å². The maximum atomic E-state index is 12.5. The Kier molecular flexibility index (Phi) is 12.3. The second-order valence-corrected chi connectivity index (χ2v) is 9.11. The van der Waals surface area contributed by atoms with Gasteiger partial charge >= 0.3 is 6.18 Å². The van der Waals surface area contributed by atoms with Gasteiger partial charge in [0.05, 0.1) is 25.4 Å². The van der Waals surface area contributed by atoms with Crippen molar-refractivity contribution in [3.63, 3.8) is 0 Å². The standard InChI is InChI=1S/C22H39F3N4O2.HI/c1-26-21(27-10-5-18-6-11-28(12-7-18)17-22(23,24)25)29-13-8-19(9-14-29)31-16-20-4-2-3-15-30-20;/h18-20H,2-17H2,1H3,(H,26,27);1H. The van der Waals surface area contributed by atoms with Crippen LogP contribution in [0.15, 0.2) is 4.99 Å². The number of aliphatic imine (C=N–C) groups is 1. The molecular formula is C22H40F3IN4O2. The molecule has 0 aromatic carbocycles. The van der Waals surface area contributed by atoms with Gasteiger partial charge in [0.1, 0.15) is 0 Å². The average molecular weight is 576 g/mol. The minimum absolute atomic E-state index is 0. The molecule has 1 unspecified atom stereocenters. The predicted molar refractivity (Wildman–Crippen MR) is 131 cm³/mol. The first-order chi connectivity index (χ1) is 14.9. The molecule has 0 aliphatic carbocycles. The number of hydrogen-bond donors (Lipinski definition) is 1. The third kappa shape index (κ3) is 9.89. The molecule has 32 heavy (non-hydrogen) atoms. The summed E-state index contributed by atoms with van der Waals surface area (Å²) in [6, 6.07) is 0. The Bertz CT molecular complexity index is 546. The van der Waals surface area contributed by atoms with Gasteiger partial charge < -0.3 is 19.7 Å². The van der Waals surface area contributed by atoms with Crippen molar-refractivity contribution in [2.75, 3.05) is 59.5 Å². The summed E-state index contributed by atoms with van der Waals surface area (Å²) in [5.74, 6) is 1.40. The Morgan fingerprint density at radius 3 is 2.38 bits per heavy atom. The van der Waals surface area contributed by atoms with Gasteiger partial charge in [-0.25, -0.2) is 0 Å². The maximum Gasteiger partial charge on any atom is 0.401 e. The van der Waals surface area contributed by atoms with Crippen LogP contribution in [0.1, 0.15) is 51.4 Å². The molecule has 6 nitrogen and oxygen atoms in total. The number of likely N-dealkylation sites (tertiary alicyclic amines) is 2. The second-order valence-electron chi connectivity index (χ2n) is 9.11. The highest BCUT2D eigenvalue weighted by molar-refractivity contribution is 14.0. The van der Waals surface area contributed by atoms with E-state index in [1.54, 1.807) is 7.05 Å². The highest BCUT2D eigenvalue weighted by Gasteiger charge is 2.32. The van der Waals surface area contributed by atoms with Crippen molar-refractivity contribution in [1.82, 2.24) is 15.1 Å². The second kappa shape index (κ2) is 14.2. The van der Waals surface area contributed by atoms with E-state index < -0.39 is 12.7 Å². The lowest BCUT2D eigenvalue weighted by molar-refractivity contribution is -0.148. The summed E-state index contributed by atoms with van der Waals surface area (Å²) in [4.78, 5) is 8.23. The number of ether oxygens (including phenoxy) is 2. The first-order valence-corrected chi connectivity index (χ1v) is 11.9. The number of alkyl halides is 3. The van der Waals surface area contributed by atoms with Crippen LogP contribution in [-0.2, 0) is 9.47 Å². The molecule has 0 saturated carbocycles. The number of guanidine groups is 1. The molecule has 0 amide bonds. The molecule has 3 aliphatic rings. The zero-order valence-electron chi connectivity index (χ0n) is 19.2. The van der Waals surface area contributed by atoms with Crippen molar-refractivity contribution in [2.45, 2.75) is 69.8 Å². The fourth-order valence-corrected chi connectivity index (χ4v) is 4.82. The third-order valence-corrected chi connectivity index (χ3v) is 6.69. The summed E-state index contributed by atoms with van der Waals surface area (Å²) in [6.07, 6.45) is 4.60. The number of nitrogens with zero attached hydrogens (tertiary/aromatic N) is 3. The number of rotatable bonds is 7. The van der Waals surface area contributed by atoms with E-state index in [2.05, 4.69) is 15.2 Å². The smallest absolute Gasteiger partial charge is 0.376 e. The zero-order chi connectivity index (χ0) is 22.1. The van der Waals surface area contributed by atoms with Crippen LogP contribution in [0, 0.1) is 5.92 Å². The average Bonchev–Trinajstić information content (AvgIpc) is 2.77. The van der Waals surface area contributed by atoms with Crippen molar-refractivity contribution < 1.29 is 22.6 Å². The van der Waals surface area contributed by atoms with Crippen LogP contribution in [-0.4, -0.2) is 93.7 Å². The Morgan fingerprint density at radius 2 is 1.78 bits per heavy atom. The van der Waals surface area contributed by atoms with Crippen LogP contribution in [0.2, 0.25) is 0 Å². The van der Waals surface area contributed by atoms with Crippen molar-refractivity contribution >= 4 is 29.9 Å². The van der Waals surface area contributed by atoms with E-state index in [4.69, 9.17) is 9.47 Å². The van der Waals surface area contributed by atoms with E-state index >= 15 is 0 Å². The summed E-state index contributed by atoms with van der Waals surface area (Å²) in [7, 11) is 1.81. The maximum absolute atomic E-state index is 12.5. The van der Waals surface area contributed by atoms with Crippen molar-refractivity contribution in [1.29, 1.82) is 0 Å². The first-order valence-electron chi connectivity index (χ1n) is 11.9. The quantitative estimate of drug-likeness (QED) is 0.283. The summed E-state index contributed by atoms with van der Waals surface area (Å²) in [5, 5.41) is 3.46. The van der Waals surface area contributed by atoms with Gasteiger partial charge in [0, 0.05) is 33.3 Å². The van der Waals surface area contributed by atoms with Gasteiger partial charge in [-0.05, 0) is 70.4 Å². The largest absolute Gasteiger partial charge is 0.401 e. The Balaban J connectivity index is 0.00000363. The molecular weight excluding hydrogens is 536 g/mol. The van der Waals surface area contributed by atoms with Crippen LogP contribution >= 0.6 is 24.0 Å². The summed E-state index contributed by atoms with van der Waals surface area (Å²) in [5.41, 5.74) is 0. The number of hydrogen-bond acceptors (Lipinski definition) is 4. The van der Waals surface area contributed by atoms with E-state index in [1.165, 1.54) is 11.3 Å². The summed E-state index contributed by atoms with van der Waals surface area (Å²) >= 11 is 0. The third-order valence-electron chi connectivity index (χ3n) is 6.69. The van der Waals surface area contributed by atoms with Gasteiger partial charge in [-0.15, -0.1) is 24.0 Å². The molecule has 1 N–H and O–H groups in total. The molecule has 3 saturated heterocycles. The molecule has 3 fully saturated rings. The van der Waals surface area contributed by atoms with E-state index in [0.717, 1.165) is 77.1 Å². The van der Waals surface area contributed by atoms with Crippen LogP contribution in [0.25, 0.3) is 0 Å². The minimum atomic E-state index is -4.09. The monoisotopic (exact) mass is 576 g/mol. The topological polar surface area (TPSA) is 49.3 Å². The molecule has 0 aromatic heterocycles. The minimum Gasteiger partial charge on any atom is -0.376 e. The summed E-state index contributed by atoms with van der Waals surface area (Å²) in [6.45, 7) is 4.53. The van der Waals surface area contributed by atoms with Crippen molar-refractivity contribution in [3.05, 3.63) is 0 Å².